The van der Waals surface area contributed by atoms with Crippen LogP contribution >= 0.6 is 11.6 Å². The summed E-state index contributed by atoms with van der Waals surface area (Å²) in [4.78, 5) is 17.5. The molecule has 1 heterocycles. The van der Waals surface area contributed by atoms with Crippen LogP contribution in [-0.4, -0.2) is 37.3 Å². The molecule has 1 aromatic heterocycles. The first-order valence-corrected chi connectivity index (χ1v) is 10.8. The van der Waals surface area contributed by atoms with E-state index < -0.39 is 6.04 Å². The molecule has 0 bridgehead atoms. The second kappa shape index (κ2) is 9.89. The molecule has 0 saturated heterocycles. The van der Waals surface area contributed by atoms with Gasteiger partial charge < -0.3 is 24.6 Å². The number of carbonyl (C=O) groups excluding carboxylic acids is 1. The van der Waals surface area contributed by atoms with Gasteiger partial charge in [-0.05, 0) is 60.2 Å². The molecule has 0 aliphatic rings. The van der Waals surface area contributed by atoms with Gasteiger partial charge in [0.25, 0.3) is 5.91 Å². The van der Waals surface area contributed by atoms with Crippen LogP contribution in [0.5, 0.6) is 23.0 Å². The number of nitrogens with one attached hydrogen (secondary N) is 1. The van der Waals surface area contributed by atoms with Crippen molar-refractivity contribution in [3.05, 3.63) is 88.6 Å². The summed E-state index contributed by atoms with van der Waals surface area (Å²) in [5.41, 5.74) is 1.82. The molecule has 0 aliphatic heterocycles. The number of methoxy groups -OCH3 is 3. The predicted octanol–water partition coefficient (Wildman–Crippen LogP) is 5.14. The monoisotopic (exact) mass is 478 g/mol. The van der Waals surface area contributed by atoms with Gasteiger partial charge in [-0.25, -0.2) is 0 Å². The third kappa shape index (κ3) is 4.43. The van der Waals surface area contributed by atoms with Crippen molar-refractivity contribution >= 4 is 28.4 Å². The van der Waals surface area contributed by atoms with Crippen LogP contribution in [0.4, 0.5) is 0 Å². The minimum atomic E-state index is -0.765. The van der Waals surface area contributed by atoms with Gasteiger partial charge in [0, 0.05) is 22.7 Å². The van der Waals surface area contributed by atoms with Gasteiger partial charge in [-0.15, -0.1) is 0 Å². The summed E-state index contributed by atoms with van der Waals surface area (Å²) in [6.07, 6.45) is 1.57. The molecule has 4 rings (SSSR count). The highest BCUT2D eigenvalue weighted by molar-refractivity contribution is 6.35. The fourth-order valence-electron chi connectivity index (χ4n) is 3.76. The molecule has 3 aromatic carbocycles. The summed E-state index contributed by atoms with van der Waals surface area (Å²) in [5, 5.41) is 15.2. The Kier molecular flexibility index (Phi) is 6.75. The fraction of sp³-hybridized carbons (Fsp3) is 0.154. The lowest BCUT2D eigenvalue weighted by Gasteiger charge is -2.23. The van der Waals surface area contributed by atoms with Crippen molar-refractivity contribution in [2.45, 2.75) is 6.04 Å². The Balaban J connectivity index is 1.84. The third-order valence-electron chi connectivity index (χ3n) is 5.52. The molecule has 4 aromatic rings. The molecule has 0 fully saturated rings. The number of benzene rings is 3. The van der Waals surface area contributed by atoms with E-state index in [9.17, 15) is 9.90 Å². The van der Waals surface area contributed by atoms with Gasteiger partial charge in [-0.2, -0.15) is 0 Å². The molecule has 0 unspecified atom stereocenters. The fourth-order valence-corrected chi connectivity index (χ4v) is 4.03. The summed E-state index contributed by atoms with van der Waals surface area (Å²) in [5.74, 6) is 1.23. The Morgan fingerprint density at radius 1 is 0.971 bits per heavy atom. The van der Waals surface area contributed by atoms with Crippen LogP contribution in [-0.2, 0) is 0 Å². The first-order chi connectivity index (χ1) is 16.5. The van der Waals surface area contributed by atoms with Gasteiger partial charge in [0.1, 0.15) is 17.0 Å². The Hall–Kier alpha value is -3.97. The van der Waals surface area contributed by atoms with Crippen LogP contribution in [0.1, 0.15) is 27.5 Å². The van der Waals surface area contributed by atoms with Gasteiger partial charge in [0.2, 0.25) is 0 Å². The number of pyridine rings is 1. The zero-order valence-corrected chi connectivity index (χ0v) is 19.6. The quantitative estimate of drug-likeness (QED) is 0.382. The number of hydrogen-bond donors (Lipinski definition) is 2. The van der Waals surface area contributed by atoms with Crippen molar-refractivity contribution in [2.75, 3.05) is 21.3 Å². The lowest BCUT2D eigenvalue weighted by atomic mass is 9.95. The number of phenolic OH excluding ortho intramolecular Hbond substituents is 1. The molecule has 0 radical (unpaired) electrons. The van der Waals surface area contributed by atoms with E-state index in [-0.39, 0.29) is 11.7 Å². The minimum Gasteiger partial charge on any atom is -0.505 e. The van der Waals surface area contributed by atoms with E-state index in [1.165, 1.54) is 7.11 Å². The molecule has 7 nitrogen and oxygen atoms in total. The lowest BCUT2D eigenvalue weighted by molar-refractivity contribution is 0.0942. The standard InChI is InChI=1S/C26H23ClN2O5/c1-32-17-9-6-15(7-10-17)26(31)29-23(16-8-11-21(33-2)22(13-16)34-3)19-14-20(27)18-5-4-12-28-24(18)25(19)30/h4-14,23,30H,1-3H3,(H,29,31)/t23-/m1/s1. The van der Waals surface area contributed by atoms with Crippen LogP contribution in [0.15, 0.2) is 66.9 Å². The number of nitrogens with zero attached hydrogens (tertiary/aromatic N) is 1. The highest BCUT2D eigenvalue weighted by atomic mass is 35.5. The first kappa shape index (κ1) is 23.2. The summed E-state index contributed by atoms with van der Waals surface area (Å²) < 4.78 is 16.0. The molecule has 8 heteroatoms. The van der Waals surface area contributed by atoms with Crippen molar-refractivity contribution in [3.63, 3.8) is 0 Å². The normalized spacial score (nSPS) is 11.6. The highest BCUT2D eigenvalue weighted by Crippen LogP contribution is 2.40. The zero-order chi connectivity index (χ0) is 24.2. The van der Waals surface area contributed by atoms with Gasteiger partial charge in [0.05, 0.1) is 32.4 Å². The van der Waals surface area contributed by atoms with E-state index in [0.717, 1.165) is 0 Å². The smallest absolute Gasteiger partial charge is 0.252 e. The number of phenols is 1. The van der Waals surface area contributed by atoms with Gasteiger partial charge in [-0.1, -0.05) is 17.7 Å². The zero-order valence-electron chi connectivity index (χ0n) is 18.8. The third-order valence-corrected chi connectivity index (χ3v) is 5.84. The molecule has 34 heavy (non-hydrogen) atoms. The van der Waals surface area contributed by atoms with Gasteiger partial charge in [-0.3, -0.25) is 9.78 Å². The van der Waals surface area contributed by atoms with Crippen LogP contribution in [0.25, 0.3) is 10.9 Å². The second-order valence-electron chi connectivity index (χ2n) is 7.45. The SMILES string of the molecule is COc1ccc(C(=O)N[C@H](c2ccc(OC)c(OC)c2)c2cc(Cl)c3cccnc3c2O)cc1. The number of halogens is 1. The molecule has 0 saturated carbocycles. The number of fused-ring (bicyclic) bond motifs is 1. The summed E-state index contributed by atoms with van der Waals surface area (Å²) in [6, 6.07) is 16.4. The van der Waals surface area contributed by atoms with E-state index in [4.69, 9.17) is 25.8 Å². The van der Waals surface area contributed by atoms with Crippen LogP contribution in [0, 0.1) is 0 Å². The van der Waals surface area contributed by atoms with E-state index in [2.05, 4.69) is 10.3 Å². The molecule has 1 atom stereocenters. The molecule has 174 valence electrons. The first-order valence-electron chi connectivity index (χ1n) is 10.4. The Labute approximate surface area is 201 Å². The van der Waals surface area contributed by atoms with E-state index in [1.54, 1.807) is 81.1 Å². The molecule has 0 spiro atoms. The van der Waals surface area contributed by atoms with Crippen molar-refractivity contribution in [2.24, 2.45) is 0 Å². The number of carbonyl (C=O) groups is 1. The van der Waals surface area contributed by atoms with Crippen molar-refractivity contribution in [1.29, 1.82) is 0 Å². The number of rotatable bonds is 7. The number of ether oxygens (including phenoxy) is 3. The largest absolute Gasteiger partial charge is 0.505 e. The van der Waals surface area contributed by atoms with Crippen LogP contribution in [0.2, 0.25) is 5.02 Å². The Bertz CT molecular complexity index is 1340. The summed E-state index contributed by atoms with van der Waals surface area (Å²) >= 11 is 6.54. The number of aromatic nitrogens is 1. The topological polar surface area (TPSA) is 89.9 Å². The molecular weight excluding hydrogens is 456 g/mol. The summed E-state index contributed by atoms with van der Waals surface area (Å²) in [7, 11) is 4.63. The van der Waals surface area contributed by atoms with Crippen molar-refractivity contribution in [3.8, 4) is 23.0 Å². The van der Waals surface area contributed by atoms with Gasteiger partial charge in [0.15, 0.2) is 11.5 Å². The average molecular weight is 479 g/mol. The maximum absolute atomic E-state index is 13.2. The average Bonchev–Trinajstić information content (AvgIpc) is 2.89. The summed E-state index contributed by atoms with van der Waals surface area (Å²) in [6.45, 7) is 0. The van der Waals surface area contributed by atoms with Gasteiger partial charge >= 0.3 is 0 Å². The van der Waals surface area contributed by atoms with E-state index >= 15 is 0 Å². The van der Waals surface area contributed by atoms with E-state index in [0.29, 0.717) is 49.9 Å². The Morgan fingerprint density at radius 2 is 1.71 bits per heavy atom. The lowest BCUT2D eigenvalue weighted by Crippen LogP contribution is -2.29. The Morgan fingerprint density at radius 3 is 2.38 bits per heavy atom. The molecule has 1 amide bonds. The van der Waals surface area contributed by atoms with E-state index in [1.807, 2.05) is 0 Å². The number of hydrogen-bond acceptors (Lipinski definition) is 6. The number of aromatic hydroxyl groups is 1. The van der Waals surface area contributed by atoms with Crippen molar-refractivity contribution < 1.29 is 24.1 Å². The second-order valence-corrected chi connectivity index (χ2v) is 7.85. The molecular formula is C26H23ClN2O5. The van der Waals surface area contributed by atoms with Crippen LogP contribution < -0.4 is 19.5 Å². The highest BCUT2D eigenvalue weighted by Gasteiger charge is 2.25. The maximum Gasteiger partial charge on any atom is 0.252 e. The molecule has 0 aliphatic carbocycles. The molecule has 2 N–H and O–H groups in total. The number of amides is 1. The minimum absolute atomic E-state index is 0.0742. The van der Waals surface area contributed by atoms with Crippen LogP contribution in [0.3, 0.4) is 0 Å². The maximum atomic E-state index is 13.2. The van der Waals surface area contributed by atoms with Crippen molar-refractivity contribution in [1.82, 2.24) is 10.3 Å². The predicted molar refractivity (Wildman–Crippen MR) is 130 cm³/mol.